The van der Waals surface area contributed by atoms with Gasteiger partial charge in [-0.1, -0.05) is 49.2 Å². The highest BCUT2D eigenvalue weighted by molar-refractivity contribution is 6.42. The quantitative estimate of drug-likeness (QED) is 0.394. The molecule has 2 heterocycles. The predicted molar refractivity (Wildman–Crippen MR) is 158 cm³/mol. The number of likely N-dealkylation sites (N-methyl/N-ethyl adjacent to an activating group) is 1. The van der Waals surface area contributed by atoms with E-state index in [9.17, 15) is 9.59 Å². The van der Waals surface area contributed by atoms with E-state index in [2.05, 4.69) is 31.9 Å². The number of esters is 1. The number of carbonyl (C=O) groups excluding carboxylic acids is 2. The molecule has 2 aliphatic carbocycles. The molecule has 4 aliphatic rings. The summed E-state index contributed by atoms with van der Waals surface area (Å²) >= 11 is 12.4. The first kappa shape index (κ1) is 28.6. The molecule has 1 saturated carbocycles. The lowest BCUT2D eigenvalue weighted by Crippen LogP contribution is -2.79. The van der Waals surface area contributed by atoms with Crippen LogP contribution < -0.4 is 9.47 Å². The van der Waals surface area contributed by atoms with Gasteiger partial charge in [-0.15, -0.1) is 0 Å². The Morgan fingerprint density at radius 2 is 1.95 bits per heavy atom. The van der Waals surface area contributed by atoms with Crippen LogP contribution in [0.2, 0.25) is 10.0 Å². The van der Waals surface area contributed by atoms with Gasteiger partial charge in [0.15, 0.2) is 11.5 Å². The van der Waals surface area contributed by atoms with Crippen LogP contribution in [0.15, 0.2) is 30.3 Å². The van der Waals surface area contributed by atoms with Crippen molar-refractivity contribution in [3.63, 3.8) is 0 Å². The van der Waals surface area contributed by atoms with E-state index in [0.717, 1.165) is 36.3 Å². The first-order chi connectivity index (χ1) is 19.5. The number of ether oxygens (including phenoxy) is 3. The van der Waals surface area contributed by atoms with Crippen molar-refractivity contribution in [3.05, 3.63) is 57.1 Å². The molecule has 2 aliphatic heterocycles. The van der Waals surface area contributed by atoms with Crippen LogP contribution in [0, 0.1) is 5.92 Å². The molecule has 220 valence electrons. The third-order valence-electron chi connectivity index (χ3n) is 9.81. The highest BCUT2D eigenvalue weighted by atomic mass is 35.5. The number of benzene rings is 2. The fraction of sp³-hybridized carbons (Fsp3) is 0.562. The van der Waals surface area contributed by atoms with Crippen LogP contribution in [0.5, 0.6) is 11.5 Å². The third-order valence-corrected chi connectivity index (χ3v) is 10.5. The summed E-state index contributed by atoms with van der Waals surface area (Å²) in [7, 11) is 3.78. The van der Waals surface area contributed by atoms with Gasteiger partial charge in [0, 0.05) is 19.0 Å². The van der Waals surface area contributed by atoms with Crippen molar-refractivity contribution in [1.82, 2.24) is 9.80 Å². The topological polar surface area (TPSA) is 68.3 Å². The molecule has 9 heteroatoms. The Morgan fingerprint density at radius 3 is 2.63 bits per heavy atom. The van der Waals surface area contributed by atoms with E-state index in [0.29, 0.717) is 35.2 Å². The summed E-state index contributed by atoms with van der Waals surface area (Å²) in [6.07, 6.45) is 2.67. The fourth-order valence-electron chi connectivity index (χ4n) is 8.37. The molecular weight excluding hydrogens is 563 g/mol. The van der Waals surface area contributed by atoms with Gasteiger partial charge in [0.25, 0.3) is 0 Å². The van der Waals surface area contributed by atoms with Gasteiger partial charge >= 0.3 is 5.97 Å². The van der Waals surface area contributed by atoms with E-state index in [1.165, 1.54) is 12.5 Å². The predicted octanol–water partition coefficient (Wildman–Crippen LogP) is 5.45. The van der Waals surface area contributed by atoms with Gasteiger partial charge in [0.1, 0.15) is 11.7 Å². The lowest BCUT2D eigenvalue weighted by Gasteiger charge is -2.65. The van der Waals surface area contributed by atoms with Crippen LogP contribution in [0.25, 0.3) is 0 Å². The molecule has 2 aromatic carbocycles. The second kappa shape index (κ2) is 10.4. The summed E-state index contributed by atoms with van der Waals surface area (Å²) in [5, 5.41) is 0.898. The number of nitrogens with zero attached hydrogens (tertiary/aromatic N) is 2. The van der Waals surface area contributed by atoms with Crippen LogP contribution in [0.3, 0.4) is 0 Å². The fourth-order valence-corrected chi connectivity index (χ4v) is 8.69. The van der Waals surface area contributed by atoms with Gasteiger partial charge in [-0.05, 0) is 74.5 Å². The van der Waals surface area contributed by atoms with Crippen molar-refractivity contribution in [2.24, 2.45) is 5.92 Å². The summed E-state index contributed by atoms with van der Waals surface area (Å²) in [6.45, 7) is 7.19. The van der Waals surface area contributed by atoms with Crippen molar-refractivity contribution in [2.45, 2.75) is 82.1 Å². The summed E-state index contributed by atoms with van der Waals surface area (Å²) < 4.78 is 19.3. The molecule has 41 heavy (non-hydrogen) atoms. The average molecular weight is 602 g/mol. The SMILES string of the molecule is COc1ccc2c3c1OC1C(N(CC(C)C)C(=O)Cc4ccc(Cl)c(Cl)c4)CC[C@@]4(OC(C)=O)[C@@H](C2)N(C)CC[C@]314. The zero-order valence-electron chi connectivity index (χ0n) is 24.3. The molecule has 5 atom stereocenters. The van der Waals surface area contributed by atoms with Gasteiger partial charge in [-0.3, -0.25) is 14.5 Å². The minimum absolute atomic E-state index is 0.0181. The molecule has 1 saturated heterocycles. The summed E-state index contributed by atoms with van der Waals surface area (Å²) in [5.74, 6) is 1.40. The summed E-state index contributed by atoms with van der Waals surface area (Å²) in [6, 6.07) is 9.28. The highest BCUT2D eigenvalue weighted by Gasteiger charge is 2.75. The molecule has 2 bridgehead atoms. The van der Waals surface area contributed by atoms with E-state index < -0.39 is 11.0 Å². The Kier molecular flexibility index (Phi) is 7.23. The largest absolute Gasteiger partial charge is 0.493 e. The highest BCUT2D eigenvalue weighted by Crippen LogP contribution is 2.67. The smallest absolute Gasteiger partial charge is 0.303 e. The number of methoxy groups -OCH3 is 1. The minimum atomic E-state index is -0.756. The number of halogens is 2. The van der Waals surface area contributed by atoms with Crippen molar-refractivity contribution >= 4 is 35.1 Å². The van der Waals surface area contributed by atoms with Gasteiger partial charge in [0.2, 0.25) is 5.91 Å². The minimum Gasteiger partial charge on any atom is -0.493 e. The molecule has 2 fully saturated rings. The molecule has 0 N–H and O–H groups in total. The maximum atomic E-state index is 14.1. The standard InChI is InChI=1S/C32H38Cl2N2O5/c1-18(2)17-36(27(38)15-20-6-8-22(33)23(34)14-20)24-10-11-32(41-19(3)37)26-16-21-7-9-25(39-5)29-28(21)31(32,30(24)40-29)12-13-35(26)4/h6-9,14,18,24,26,30H,10-13,15-17H2,1-5H3/t24?,26-,30?,31+,32-/m1/s1. The Morgan fingerprint density at radius 1 is 1.17 bits per heavy atom. The van der Waals surface area contributed by atoms with E-state index >= 15 is 0 Å². The van der Waals surface area contributed by atoms with E-state index in [4.69, 9.17) is 37.4 Å². The van der Waals surface area contributed by atoms with Crippen LogP contribution >= 0.6 is 23.2 Å². The number of likely N-dealkylation sites (tertiary alicyclic amines) is 1. The van der Waals surface area contributed by atoms with Crippen molar-refractivity contribution in [3.8, 4) is 11.5 Å². The lowest BCUT2D eigenvalue weighted by molar-refractivity contribution is -0.222. The first-order valence-corrected chi connectivity index (χ1v) is 15.3. The van der Waals surface area contributed by atoms with Gasteiger partial charge in [0.05, 0.1) is 41.1 Å². The number of carbonyl (C=O) groups is 2. The molecule has 7 nitrogen and oxygen atoms in total. The average Bonchev–Trinajstić information content (AvgIpc) is 3.27. The number of amides is 1. The zero-order valence-corrected chi connectivity index (χ0v) is 25.8. The molecule has 1 amide bonds. The summed E-state index contributed by atoms with van der Waals surface area (Å²) in [4.78, 5) is 31.3. The Bertz CT molecular complexity index is 1400. The van der Waals surface area contributed by atoms with E-state index in [1.807, 2.05) is 17.0 Å². The van der Waals surface area contributed by atoms with Crippen molar-refractivity contribution < 1.29 is 23.8 Å². The Hall–Kier alpha value is -2.48. The van der Waals surface area contributed by atoms with Crippen molar-refractivity contribution in [1.29, 1.82) is 0 Å². The number of hydrogen-bond donors (Lipinski definition) is 0. The molecule has 0 radical (unpaired) electrons. The number of hydrogen-bond acceptors (Lipinski definition) is 6. The molecule has 2 unspecified atom stereocenters. The second-order valence-corrected chi connectivity index (χ2v) is 13.4. The Balaban J connectivity index is 1.48. The van der Waals surface area contributed by atoms with E-state index in [1.54, 1.807) is 19.2 Å². The second-order valence-electron chi connectivity index (χ2n) is 12.5. The maximum Gasteiger partial charge on any atom is 0.303 e. The van der Waals surface area contributed by atoms with Crippen LogP contribution in [0.4, 0.5) is 0 Å². The Labute approximate surface area is 252 Å². The van der Waals surface area contributed by atoms with Gasteiger partial charge in [-0.2, -0.15) is 0 Å². The van der Waals surface area contributed by atoms with Crippen molar-refractivity contribution in [2.75, 3.05) is 27.2 Å². The zero-order chi connectivity index (χ0) is 29.3. The normalized spacial score (nSPS) is 29.5. The first-order valence-electron chi connectivity index (χ1n) is 14.5. The van der Waals surface area contributed by atoms with Crippen LogP contribution in [0.1, 0.15) is 56.7 Å². The lowest BCUT2D eigenvalue weighted by atomic mass is 9.48. The summed E-state index contributed by atoms with van der Waals surface area (Å²) in [5.41, 5.74) is 1.79. The number of rotatable bonds is 7. The molecule has 0 aromatic heterocycles. The molecule has 2 aromatic rings. The van der Waals surface area contributed by atoms with Gasteiger partial charge < -0.3 is 19.1 Å². The van der Waals surface area contributed by atoms with Crippen LogP contribution in [-0.4, -0.2) is 72.7 Å². The number of piperidine rings is 1. The maximum absolute atomic E-state index is 14.1. The third kappa shape index (κ3) is 4.25. The monoisotopic (exact) mass is 600 g/mol. The van der Waals surface area contributed by atoms with Crippen LogP contribution in [-0.2, 0) is 32.6 Å². The van der Waals surface area contributed by atoms with E-state index in [-0.39, 0.29) is 42.4 Å². The molecule has 1 spiro atoms. The molecular formula is C32H38Cl2N2O5. The van der Waals surface area contributed by atoms with Gasteiger partial charge in [-0.25, -0.2) is 0 Å². The molecule has 6 rings (SSSR count).